The highest BCUT2D eigenvalue weighted by atomic mass is 35.5. The number of carbonyl (C=O) groups excluding carboxylic acids is 1. The number of piperazine rings is 1. The number of aromatic nitrogens is 2. The van der Waals surface area contributed by atoms with Crippen LogP contribution in [0.5, 0.6) is 0 Å². The lowest BCUT2D eigenvalue weighted by molar-refractivity contribution is 0.0625. The lowest BCUT2D eigenvalue weighted by Crippen LogP contribution is -2.48. The summed E-state index contributed by atoms with van der Waals surface area (Å²) in [4.78, 5) is 20.8. The van der Waals surface area contributed by atoms with Crippen molar-refractivity contribution in [2.75, 3.05) is 26.2 Å². The van der Waals surface area contributed by atoms with Gasteiger partial charge in [0.2, 0.25) is 5.89 Å². The molecule has 9 heteroatoms. The Morgan fingerprint density at radius 1 is 1.35 bits per heavy atom. The Balaban J connectivity index is 1.55. The van der Waals surface area contributed by atoms with E-state index in [-0.39, 0.29) is 5.91 Å². The van der Waals surface area contributed by atoms with E-state index in [9.17, 15) is 4.79 Å². The zero-order valence-electron chi connectivity index (χ0n) is 12.6. The van der Waals surface area contributed by atoms with Crippen LogP contribution in [0.3, 0.4) is 0 Å². The number of rotatable bonds is 4. The molecule has 1 amide bonds. The quantitative estimate of drug-likeness (QED) is 0.822. The average molecular weight is 375 g/mol. The van der Waals surface area contributed by atoms with E-state index in [2.05, 4.69) is 15.0 Å². The fourth-order valence-corrected chi connectivity index (χ4v) is 3.91. The van der Waals surface area contributed by atoms with Gasteiger partial charge in [-0.2, -0.15) is 4.98 Å². The topological polar surface area (TPSA) is 62.5 Å². The van der Waals surface area contributed by atoms with Gasteiger partial charge in [-0.15, -0.1) is 11.3 Å². The first kappa shape index (κ1) is 16.7. The largest absolute Gasteiger partial charge is 0.339 e. The Bertz CT molecular complexity index is 695. The Morgan fingerprint density at radius 2 is 2.09 bits per heavy atom. The summed E-state index contributed by atoms with van der Waals surface area (Å²) in [6.45, 7) is 5.41. The number of aryl methyl sites for hydroxylation is 1. The van der Waals surface area contributed by atoms with Gasteiger partial charge >= 0.3 is 0 Å². The number of hydrogen-bond donors (Lipinski definition) is 0. The van der Waals surface area contributed by atoms with Crippen molar-refractivity contribution in [1.29, 1.82) is 0 Å². The van der Waals surface area contributed by atoms with Gasteiger partial charge in [-0.05, 0) is 6.07 Å². The molecule has 0 spiro atoms. The monoisotopic (exact) mass is 374 g/mol. The lowest BCUT2D eigenvalue weighted by Gasteiger charge is -2.34. The van der Waals surface area contributed by atoms with Crippen molar-refractivity contribution in [1.82, 2.24) is 19.9 Å². The van der Waals surface area contributed by atoms with E-state index in [1.807, 2.05) is 6.92 Å². The first-order valence-electron chi connectivity index (χ1n) is 7.34. The van der Waals surface area contributed by atoms with Crippen molar-refractivity contribution in [3.8, 4) is 0 Å². The van der Waals surface area contributed by atoms with Gasteiger partial charge in [0.15, 0.2) is 5.82 Å². The van der Waals surface area contributed by atoms with Crippen molar-refractivity contribution in [3.63, 3.8) is 0 Å². The van der Waals surface area contributed by atoms with Gasteiger partial charge in [0.25, 0.3) is 5.91 Å². The molecular weight excluding hydrogens is 359 g/mol. The second-order valence-corrected chi connectivity index (χ2v) is 7.55. The SMILES string of the molecule is CCc1nc(CN2CCN(C(=O)c3cc(Cl)sc3Cl)CC2)no1. The summed E-state index contributed by atoms with van der Waals surface area (Å²) >= 11 is 13.2. The number of amides is 1. The molecule has 0 aromatic carbocycles. The fraction of sp³-hybridized carbons (Fsp3) is 0.500. The molecule has 23 heavy (non-hydrogen) atoms. The Kier molecular flexibility index (Phi) is 5.21. The summed E-state index contributed by atoms with van der Waals surface area (Å²) in [5.41, 5.74) is 0.487. The molecule has 3 heterocycles. The van der Waals surface area contributed by atoms with Crippen LogP contribution in [-0.2, 0) is 13.0 Å². The summed E-state index contributed by atoms with van der Waals surface area (Å²) < 4.78 is 6.08. The first-order chi connectivity index (χ1) is 11.1. The smallest absolute Gasteiger partial charge is 0.256 e. The minimum absolute atomic E-state index is 0.0642. The standard InChI is InChI=1S/C14H16Cl2N4O2S/c1-2-12-17-11(18-22-12)8-19-3-5-20(6-4-19)14(21)9-7-10(15)23-13(9)16/h7H,2-6,8H2,1H3. The van der Waals surface area contributed by atoms with Crippen LogP contribution in [0.4, 0.5) is 0 Å². The molecule has 1 saturated heterocycles. The van der Waals surface area contributed by atoms with E-state index in [1.165, 1.54) is 11.3 Å². The van der Waals surface area contributed by atoms with Crippen molar-refractivity contribution >= 4 is 40.4 Å². The van der Waals surface area contributed by atoms with Crippen LogP contribution in [-0.4, -0.2) is 52.0 Å². The fourth-order valence-electron chi connectivity index (χ4n) is 2.46. The van der Waals surface area contributed by atoms with E-state index in [0.717, 1.165) is 19.5 Å². The van der Waals surface area contributed by atoms with Crippen LogP contribution in [0.2, 0.25) is 8.67 Å². The summed E-state index contributed by atoms with van der Waals surface area (Å²) in [7, 11) is 0. The minimum Gasteiger partial charge on any atom is -0.339 e. The van der Waals surface area contributed by atoms with Gasteiger partial charge in [0.05, 0.1) is 16.4 Å². The molecule has 1 aliphatic rings. The number of nitrogens with zero attached hydrogens (tertiary/aromatic N) is 4. The predicted molar refractivity (Wildman–Crippen MR) is 89.2 cm³/mol. The van der Waals surface area contributed by atoms with E-state index in [1.54, 1.807) is 11.0 Å². The molecule has 2 aromatic heterocycles. The predicted octanol–water partition coefficient (Wildman–Crippen LogP) is 2.96. The van der Waals surface area contributed by atoms with E-state index in [0.29, 0.717) is 45.6 Å². The Morgan fingerprint density at radius 3 is 2.65 bits per heavy atom. The zero-order chi connectivity index (χ0) is 16.4. The molecule has 0 atom stereocenters. The summed E-state index contributed by atoms with van der Waals surface area (Å²) in [5.74, 6) is 1.28. The maximum Gasteiger partial charge on any atom is 0.256 e. The third-order valence-corrected chi connectivity index (χ3v) is 5.21. The van der Waals surface area contributed by atoms with Crippen molar-refractivity contribution in [2.45, 2.75) is 19.9 Å². The van der Waals surface area contributed by atoms with E-state index in [4.69, 9.17) is 27.7 Å². The van der Waals surface area contributed by atoms with Crippen LogP contribution in [0.15, 0.2) is 10.6 Å². The van der Waals surface area contributed by atoms with Gasteiger partial charge < -0.3 is 9.42 Å². The highest BCUT2D eigenvalue weighted by Crippen LogP contribution is 2.32. The second kappa shape index (κ2) is 7.17. The third kappa shape index (κ3) is 3.85. The van der Waals surface area contributed by atoms with Crippen LogP contribution < -0.4 is 0 Å². The molecule has 2 aromatic rings. The summed E-state index contributed by atoms with van der Waals surface area (Å²) in [5, 5.41) is 3.96. The highest BCUT2D eigenvalue weighted by molar-refractivity contribution is 7.20. The average Bonchev–Trinajstić information content (AvgIpc) is 3.13. The number of thiophene rings is 1. The summed E-state index contributed by atoms with van der Waals surface area (Å²) in [6, 6.07) is 1.63. The molecule has 0 saturated carbocycles. The lowest BCUT2D eigenvalue weighted by atomic mass is 10.2. The van der Waals surface area contributed by atoms with E-state index >= 15 is 0 Å². The molecule has 1 fully saturated rings. The number of halogens is 2. The molecule has 0 radical (unpaired) electrons. The third-order valence-electron chi connectivity index (χ3n) is 3.72. The van der Waals surface area contributed by atoms with Gasteiger partial charge in [0.1, 0.15) is 4.34 Å². The molecule has 1 aliphatic heterocycles. The molecular formula is C14H16Cl2N4O2S. The van der Waals surface area contributed by atoms with Crippen molar-refractivity contribution in [2.24, 2.45) is 0 Å². The first-order valence-corrected chi connectivity index (χ1v) is 8.92. The molecule has 124 valence electrons. The van der Waals surface area contributed by atoms with Gasteiger partial charge in [0, 0.05) is 32.6 Å². The number of carbonyl (C=O) groups is 1. The molecule has 0 bridgehead atoms. The minimum atomic E-state index is -0.0642. The molecule has 0 aliphatic carbocycles. The molecule has 0 N–H and O–H groups in total. The maximum atomic E-state index is 12.5. The van der Waals surface area contributed by atoms with Crippen LogP contribution in [0, 0.1) is 0 Å². The highest BCUT2D eigenvalue weighted by Gasteiger charge is 2.25. The van der Waals surface area contributed by atoms with Crippen LogP contribution in [0.1, 0.15) is 29.0 Å². The van der Waals surface area contributed by atoms with Crippen molar-refractivity contribution < 1.29 is 9.32 Å². The summed E-state index contributed by atoms with van der Waals surface area (Å²) in [6.07, 6.45) is 0.735. The van der Waals surface area contributed by atoms with Crippen LogP contribution in [0.25, 0.3) is 0 Å². The normalized spacial score (nSPS) is 16.0. The zero-order valence-corrected chi connectivity index (χ0v) is 14.9. The van der Waals surface area contributed by atoms with E-state index < -0.39 is 0 Å². The molecule has 0 unspecified atom stereocenters. The van der Waals surface area contributed by atoms with Gasteiger partial charge in [-0.1, -0.05) is 35.3 Å². The van der Waals surface area contributed by atoms with Gasteiger partial charge in [-0.3, -0.25) is 9.69 Å². The molecule has 6 nitrogen and oxygen atoms in total. The van der Waals surface area contributed by atoms with Crippen molar-refractivity contribution in [3.05, 3.63) is 32.0 Å². The maximum absolute atomic E-state index is 12.5. The van der Waals surface area contributed by atoms with Gasteiger partial charge in [-0.25, -0.2) is 0 Å². The Hall–Kier alpha value is -1.15. The Labute approximate surface area is 148 Å². The van der Waals surface area contributed by atoms with Crippen LogP contribution >= 0.6 is 34.5 Å². The molecule has 3 rings (SSSR count). The second-order valence-electron chi connectivity index (χ2n) is 5.26. The number of hydrogen-bond acceptors (Lipinski definition) is 6.